The second kappa shape index (κ2) is 11.4. The molecular weight excluding hydrogens is 552 g/mol. The van der Waals surface area contributed by atoms with Gasteiger partial charge in [0.15, 0.2) is 11.8 Å². The summed E-state index contributed by atoms with van der Waals surface area (Å²) in [7, 11) is 0. The molecule has 1 aliphatic carbocycles. The molecule has 218 valence electrons. The number of nitrogens with zero attached hydrogens (tertiary/aromatic N) is 3. The largest absolute Gasteiger partial charge is 0.456 e. The van der Waals surface area contributed by atoms with Crippen molar-refractivity contribution in [1.82, 2.24) is 19.9 Å². The van der Waals surface area contributed by atoms with Crippen molar-refractivity contribution >= 4 is 28.9 Å². The van der Waals surface area contributed by atoms with Crippen LogP contribution >= 0.6 is 11.6 Å². The van der Waals surface area contributed by atoms with Crippen molar-refractivity contribution in [2.45, 2.75) is 62.1 Å². The topological polar surface area (TPSA) is 128 Å². The van der Waals surface area contributed by atoms with Gasteiger partial charge < -0.3 is 38.7 Å². The Balaban J connectivity index is 0.981. The van der Waals surface area contributed by atoms with Gasteiger partial charge in [-0.15, -0.1) is 0 Å². The zero-order chi connectivity index (χ0) is 27.9. The molecule has 0 bridgehead atoms. The molecule has 2 N–H and O–H groups in total. The fraction of sp³-hybridized carbons (Fsp3) is 0.552. The van der Waals surface area contributed by atoms with Crippen LogP contribution in [0.2, 0.25) is 5.02 Å². The average Bonchev–Trinajstić information content (AvgIpc) is 3.70. The summed E-state index contributed by atoms with van der Waals surface area (Å²) in [5, 5.41) is 10.5. The minimum atomic E-state index is -0.640. The van der Waals surface area contributed by atoms with E-state index in [2.05, 4.69) is 22.1 Å². The maximum Gasteiger partial charge on any atom is 0.410 e. The molecule has 1 aromatic carbocycles. The van der Waals surface area contributed by atoms with Crippen molar-refractivity contribution in [3.8, 4) is 17.3 Å². The Morgan fingerprint density at radius 1 is 1.02 bits per heavy atom. The van der Waals surface area contributed by atoms with Crippen LogP contribution < -0.4 is 4.74 Å². The number of fused-ring (bicyclic) bond motifs is 2. The number of rotatable bonds is 5. The van der Waals surface area contributed by atoms with E-state index in [1.807, 2.05) is 12.1 Å². The number of pyridine rings is 1. The Bertz CT molecular complexity index is 1390. The number of morpholine rings is 1. The van der Waals surface area contributed by atoms with Crippen LogP contribution in [0, 0.1) is 0 Å². The molecule has 3 aliphatic heterocycles. The van der Waals surface area contributed by atoms with Gasteiger partial charge in [-0.05, 0) is 43.2 Å². The average molecular weight is 585 g/mol. The lowest BCUT2D eigenvalue weighted by Gasteiger charge is -2.32. The Labute approximate surface area is 242 Å². The number of nitrogens with one attached hydrogen (secondary N) is 1. The zero-order valence-corrected chi connectivity index (χ0v) is 23.3. The normalized spacial score (nSPS) is 30.0. The summed E-state index contributed by atoms with van der Waals surface area (Å²) in [5.74, 6) is 0.420. The lowest BCUT2D eigenvalue weighted by molar-refractivity contribution is 0.00445. The minimum absolute atomic E-state index is 0.0294. The Hall–Kier alpha value is -2.96. The van der Waals surface area contributed by atoms with E-state index in [9.17, 15) is 9.90 Å². The smallest absolute Gasteiger partial charge is 0.410 e. The highest BCUT2D eigenvalue weighted by Gasteiger charge is 2.48. The first-order valence-corrected chi connectivity index (χ1v) is 14.7. The summed E-state index contributed by atoms with van der Waals surface area (Å²) < 4.78 is 28.4. The number of hydrogen-bond acceptors (Lipinski definition) is 9. The van der Waals surface area contributed by atoms with Gasteiger partial charge in [-0.25, -0.2) is 9.78 Å². The lowest BCUT2D eigenvalue weighted by Crippen LogP contribution is -2.42. The number of H-pyrrole nitrogens is 1. The van der Waals surface area contributed by atoms with Crippen LogP contribution in [0.25, 0.3) is 22.4 Å². The number of benzene rings is 1. The summed E-state index contributed by atoms with van der Waals surface area (Å²) in [6.07, 6.45) is 1.70. The minimum Gasteiger partial charge on any atom is -0.456 e. The molecule has 0 spiro atoms. The van der Waals surface area contributed by atoms with Crippen LogP contribution in [-0.4, -0.2) is 101 Å². The van der Waals surface area contributed by atoms with E-state index < -0.39 is 6.10 Å². The van der Waals surface area contributed by atoms with Crippen LogP contribution in [0.3, 0.4) is 0 Å². The van der Waals surface area contributed by atoms with E-state index in [1.165, 1.54) is 5.56 Å². The van der Waals surface area contributed by atoms with E-state index in [1.54, 1.807) is 11.0 Å². The third-order valence-electron chi connectivity index (χ3n) is 8.52. The van der Waals surface area contributed by atoms with Gasteiger partial charge in [-0.1, -0.05) is 35.9 Å². The third-order valence-corrected chi connectivity index (χ3v) is 8.80. The summed E-state index contributed by atoms with van der Waals surface area (Å²) in [6.45, 7) is 2.89. The van der Waals surface area contributed by atoms with Gasteiger partial charge in [0.2, 0.25) is 0 Å². The molecule has 5 heterocycles. The van der Waals surface area contributed by atoms with Crippen molar-refractivity contribution in [3.05, 3.63) is 40.9 Å². The predicted molar refractivity (Wildman–Crippen MR) is 148 cm³/mol. The highest BCUT2D eigenvalue weighted by atomic mass is 35.5. The van der Waals surface area contributed by atoms with Gasteiger partial charge in [0, 0.05) is 18.7 Å². The van der Waals surface area contributed by atoms with Crippen molar-refractivity contribution in [2.24, 2.45) is 0 Å². The Morgan fingerprint density at radius 2 is 1.78 bits per heavy atom. The van der Waals surface area contributed by atoms with Crippen LogP contribution in [0.4, 0.5) is 4.79 Å². The van der Waals surface area contributed by atoms with Crippen LogP contribution in [0.1, 0.15) is 37.2 Å². The number of aliphatic hydroxyl groups excluding tert-OH is 1. The first-order valence-electron chi connectivity index (χ1n) is 14.3. The van der Waals surface area contributed by atoms with Crippen molar-refractivity contribution in [3.63, 3.8) is 0 Å². The fourth-order valence-corrected chi connectivity index (χ4v) is 6.49. The van der Waals surface area contributed by atoms with Gasteiger partial charge >= 0.3 is 6.09 Å². The predicted octanol–water partition coefficient (Wildman–Crippen LogP) is 3.68. The second-order valence-electron chi connectivity index (χ2n) is 11.1. The molecule has 2 unspecified atom stereocenters. The van der Waals surface area contributed by atoms with E-state index in [-0.39, 0.29) is 37.1 Å². The fourth-order valence-electron chi connectivity index (χ4n) is 6.23. The summed E-state index contributed by atoms with van der Waals surface area (Å²) in [4.78, 5) is 26.5. The lowest BCUT2D eigenvalue weighted by atomic mass is 9.82. The van der Waals surface area contributed by atoms with Crippen LogP contribution in [-0.2, 0) is 18.9 Å². The number of amides is 1. The highest BCUT2D eigenvalue weighted by molar-refractivity contribution is 6.33. The molecule has 4 fully saturated rings. The number of ether oxygens (including phenoxy) is 5. The van der Waals surface area contributed by atoms with E-state index in [0.29, 0.717) is 66.7 Å². The molecule has 11 nitrogen and oxygen atoms in total. The molecule has 12 heteroatoms. The number of aromatic amines is 1. The summed E-state index contributed by atoms with van der Waals surface area (Å²) in [6, 6.07) is 10.5. The third kappa shape index (κ3) is 5.49. The molecule has 4 aliphatic rings. The molecule has 7 rings (SSSR count). The van der Waals surface area contributed by atoms with Gasteiger partial charge in [-0.3, -0.25) is 0 Å². The number of carbonyl (C=O) groups excluding carboxylic acids is 1. The maximum atomic E-state index is 12.4. The number of carbonyl (C=O) groups is 1. The summed E-state index contributed by atoms with van der Waals surface area (Å²) in [5.41, 5.74) is 3.97. The van der Waals surface area contributed by atoms with Gasteiger partial charge in [-0.2, -0.15) is 4.98 Å². The molecule has 1 saturated carbocycles. The number of imidazole rings is 1. The first-order chi connectivity index (χ1) is 20.0. The number of halogens is 1. The van der Waals surface area contributed by atoms with E-state index >= 15 is 0 Å². The van der Waals surface area contributed by atoms with Crippen molar-refractivity contribution < 1.29 is 33.6 Å². The van der Waals surface area contributed by atoms with Crippen LogP contribution in [0.15, 0.2) is 30.3 Å². The van der Waals surface area contributed by atoms with Gasteiger partial charge in [0.05, 0.1) is 42.7 Å². The molecule has 41 heavy (non-hydrogen) atoms. The molecule has 0 radical (unpaired) electrons. The molecule has 2 aromatic heterocycles. The highest BCUT2D eigenvalue weighted by Crippen LogP contribution is 2.36. The molecule has 4 atom stereocenters. The summed E-state index contributed by atoms with van der Waals surface area (Å²) >= 11 is 6.64. The van der Waals surface area contributed by atoms with Gasteiger partial charge in [0.25, 0.3) is 6.01 Å². The van der Waals surface area contributed by atoms with Crippen molar-refractivity contribution in [1.29, 1.82) is 0 Å². The first kappa shape index (κ1) is 26.9. The van der Waals surface area contributed by atoms with Crippen molar-refractivity contribution in [2.75, 3.05) is 39.5 Å². The monoisotopic (exact) mass is 584 g/mol. The number of aromatic nitrogens is 3. The molecular formula is C29H33ClN4O7. The molecule has 1 amide bonds. The van der Waals surface area contributed by atoms with E-state index in [4.69, 9.17) is 40.3 Å². The standard InChI is InChI=1S/C29H33ClN4O7/c30-20-13-21-27(33-28(31-21)41-23-15-39-25-22(35)14-38-26(23)25)32-24(20)18-3-1-16(2-4-18)17-5-7-19(8-6-17)40-29(36)34-9-11-37-12-10-34/h1-4,13,17,19,22-23,25-26,35H,5-12,14-15H2,(H,31,32,33)/t17?,19?,22-,23-,25?,26?/m1/s1. The molecule has 3 saturated heterocycles. The molecule has 3 aromatic rings. The van der Waals surface area contributed by atoms with E-state index in [0.717, 1.165) is 31.2 Å². The Kier molecular flexibility index (Phi) is 7.46. The maximum absolute atomic E-state index is 12.4. The zero-order valence-electron chi connectivity index (χ0n) is 22.5. The quantitative estimate of drug-likeness (QED) is 0.461. The second-order valence-corrected chi connectivity index (χ2v) is 11.5. The Morgan fingerprint density at radius 3 is 2.56 bits per heavy atom. The number of hydrogen-bond donors (Lipinski definition) is 2. The van der Waals surface area contributed by atoms with Crippen LogP contribution in [0.5, 0.6) is 6.01 Å². The number of aliphatic hydroxyl groups is 1. The SMILES string of the molecule is O=C(OC1CCC(c2ccc(-c3nc4nc(O[C@@H]5COC6C5OC[C@H]6O)[nH]c4cc3Cl)cc2)CC1)N1CCOCC1. The van der Waals surface area contributed by atoms with Gasteiger partial charge in [0.1, 0.15) is 24.4 Å².